The Hall–Kier alpha value is -1.90. The molecule has 1 N–H and O–H groups in total. The fraction of sp³-hybridized carbons (Fsp3) is 0.250. The Bertz CT molecular complexity index is 871. The van der Waals surface area contributed by atoms with Crippen LogP contribution >= 0.6 is 34.7 Å². The zero-order chi connectivity index (χ0) is 18.0. The molecule has 1 amide bonds. The lowest BCUT2D eigenvalue weighted by molar-refractivity contribution is -0.115. The van der Waals surface area contributed by atoms with Gasteiger partial charge in [0.15, 0.2) is 10.3 Å². The van der Waals surface area contributed by atoms with E-state index in [0.717, 1.165) is 22.0 Å². The number of benzene rings is 1. The Labute approximate surface area is 158 Å². The topological polar surface area (TPSA) is 74.8 Å². The number of nitrogens with one attached hydrogen (secondary N) is 1. The number of halogens is 1. The Balaban J connectivity index is 1.88. The molecule has 0 unspecified atom stereocenters. The predicted octanol–water partition coefficient (Wildman–Crippen LogP) is 4.51. The van der Waals surface area contributed by atoms with Gasteiger partial charge >= 0.3 is 0 Å². The number of thiazole rings is 1. The highest BCUT2D eigenvalue weighted by molar-refractivity contribution is 7.98. The molecule has 9 heteroatoms. The number of H-pyrrole nitrogens is 1. The summed E-state index contributed by atoms with van der Waals surface area (Å²) in [5.74, 6) is 0.510. The van der Waals surface area contributed by atoms with E-state index in [0.29, 0.717) is 21.6 Å². The van der Waals surface area contributed by atoms with Crippen molar-refractivity contribution in [3.8, 4) is 0 Å². The summed E-state index contributed by atoms with van der Waals surface area (Å²) in [5, 5.41) is 10.4. The molecule has 0 bridgehead atoms. The fourth-order valence-electron chi connectivity index (χ4n) is 2.45. The number of anilines is 2. The highest BCUT2D eigenvalue weighted by Crippen LogP contribution is 2.37. The molecule has 0 saturated carbocycles. The number of amides is 1. The standard InChI is InChI=1S/C16H16ClN5OS2/c1-9-4-10(2)14(13(17)5-9)22(11(3)23)16-20-12(7-25-16)6-24-15-18-8-19-21-15/h4-5,7-8H,6H2,1-3H3,(H,18,19,21). The molecule has 3 aromatic rings. The first kappa shape index (κ1) is 17.9. The minimum absolute atomic E-state index is 0.127. The van der Waals surface area contributed by atoms with Crippen LogP contribution in [0, 0.1) is 13.8 Å². The average Bonchev–Trinajstić information content (AvgIpc) is 3.19. The molecular weight excluding hydrogens is 378 g/mol. The molecule has 0 radical (unpaired) electrons. The third kappa shape index (κ3) is 4.02. The Morgan fingerprint density at radius 1 is 1.40 bits per heavy atom. The van der Waals surface area contributed by atoms with Crippen LogP contribution in [-0.2, 0) is 10.5 Å². The van der Waals surface area contributed by atoms with Crippen LogP contribution in [0.3, 0.4) is 0 Å². The van der Waals surface area contributed by atoms with Crippen molar-refractivity contribution in [3.05, 3.63) is 45.7 Å². The van der Waals surface area contributed by atoms with Crippen LogP contribution in [0.5, 0.6) is 0 Å². The van der Waals surface area contributed by atoms with Gasteiger partial charge < -0.3 is 0 Å². The highest BCUT2D eigenvalue weighted by atomic mass is 35.5. The summed E-state index contributed by atoms with van der Waals surface area (Å²) in [6.45, 7) is 5.43. The van der Waals surface area contributed by atoms with E-state index < -0.39 is 0 Å². The highest BCUT2D eigenvalue weighted by Gasteiger charge is 2.22. The number of carbonyl (C=O) groups is 1. The Morgan fingerprint density at radius 2 is 2.20 bits per heavy atom. The number of hydrogen-bond acceptors (Lipinski definition) is 6. The third-order valence-electron chi connectivity index (χ3n) is 3.42. The van der Waals surface area contributed by atoms with Gasteiger partial charge in [-0.15, -0.1) is 11.3 Å². The lowest BCUT2D eigenvalue weighted by Gasteiger charge is -2.22. The van der Waals surface area contributed by atoms with Gasteiger partial charge in [0.05, 0.1) is 16.4 Å². The quantitative estimate of drug-likeness (QED) is 0.645. The van der Waals surface area contributed by atoms with Gasteiger partial charge in [-0.05, 0) is 31.0 Å². The number of aryl methyl sites for hydroxylation is 2. The summed E-state index contributed by atoms with van der Waals surface area (Å²) in [5.41, 5.74) is 3.54. The van der Waals surface area contributed by atoms with Gasteiger partial charge in [-0.1, -0.05) is 29.4 Å². The molecular formula is C16H16ClN5OS2. The minimum Gasteiger partial charge on any atom is -0.274 e. The Morgan fingerprint density at radius 3 is 2.84 bits per heavy atom. The predicted molar refractivity (Wildman–Crippen MR) is 102 cm³/mol. The van der Waals surface area contributed by atoms with E-state index in [1.165, 1.54) is 36.3 Å². The van der Waals surface area contributed by atoms with Crippen molar-refractivity contribution in [2.24, 2.45) is 0 Å². The lowest BCUT2D eigenvalue weighted by atomic mass is 10.1. The molecule has 3 rings (SSSR count). The molecule has 2 aromatic heterocycles. The van der Waals surface area contributed by atoms with E-state index in [9.17, 15) is 4.79 Å². The largest absolute Gasteiger partial charge is 0.274 e. The normalized spacial score (nSPS) is 10.9. The molecule has 25 heavy (non-hydrogen) atoms. The summed E-state index contributed by atoms with van der Waals surface area (Å²) in [7, 11) is 0. The van der Waals surface area contributed by atoms with Crippen molar-refractivity contribution in [2.45, 2.75) is 31.7 Å². The summed E-state index contributed by atoms with van der Waals surface area (Å²) >= 11 is 9.34. The van der Waals surface area contributed by atoms with Crippen molar-refractivity contribution in [1.29, 1.82) is 0 Å². The summed E-state index contributed by atoms with van der Waals surface area (Å²) in [6, 6.07) is 3.86. The molecule has 2 heterocycles. The zero-order valence-electron chi connectivity index (χ0n) is 13.9. The molecule has 130 valence electrons. The maximum Gasteiger partial charge on any atom is 0.230 e. The molecule has 0 saturated heterocycles. The van der Waals surface area contributed by atoms with E-state index in [1.54, 1.807) is 4.90 Å². The van der Waals surface area contributed by atoms with Crippen LogP contribution in [-0.4, -0.2) is 26.1 Å². The van der Waals surface area contributed by atoms with E-state index in [1.807, 2.05) is 31.4 Å². The van der Waals surface area contributed by atoms with Crippen molar-refractivity contribution in [1.82, 2.24) is 20.2 Å². The first-order valence-electron chi connectivity index (χ1n) is 7.45. The number of aromatic nitrogens is 4. The number of aromatic amines is 1. The zero-order valence-corrected chi connectivity index (χ0v) is 16.3. The molecule has 0 fully saturated rings. The average molecular weight is 394 g/mol. The summed E-state index contributed by atoms with van der Waals surface area (Å²) in [4.78, 5) is 22.5. The third-order valence-corrected chi connectivity index (χ3v) is 5.49. The molecule has 0 aliphatic carbocycles. The smallest absolute Gasteiger partial charge is 0.230 e. The molecule has 0 atom stereocenters. The van der Waals surface area contributed by atoms with E-state index in [4.69, 9.17) is 11.6 Å². The SMILES string of the molecule is CC(=O)N(c1nc(CSc2ncn[nH]2)cs1)c1c(C)cc(C)cc1Cl. The number of rotatable bonds is 5. The van der Waals surface area contributed by atoms with E-state index in [-0.39, 0.29) is 5.91 Å². The second-order valence-electron chi connectivity index (χ2n) is 5.47. The van der Waals surface area contributed by atoms with Crippen molar-refractivity contribution in [2.75, 3.05) is 4.90 Å². The fourth-order valence-corrected chi connectivity index (χ4v) is 4.51. The number of nitrogens with zero attached hydrogens (tertiary/aromatic N) is 4. The van der Waals surface area contributed by atoms with Gasteiger partial charge in [0, 0.05) is 18.1 Å². The maximum absolute atomic E-state index is 12.3. The van der Waals surface area contributed by atoms with Crippen molar-refractivity contribution < 1.29 is 4.79 Å². The van der Waals surface area contributed by atoms with Crippen LogP contribution in [0.15, 0.2) is 29.0 Å². The van der Waals surface area contributed by atoms with Crippen LogP contribution in [0.2, 0.25) is 5.02 Å². The van der Waals surface area contributed by atoms with Crippen LogP contribution in [0.1, 0.15) is 23.7 Å². The number of carbonyl (C=O) groups excluding carboxylic acids is 1. The maximum atomic E-state index is 12.3. The van der Waals surface area contributed by atoms with Gasteiger partial charge in [0.1, 0.15) is 6.33 Å². The lowest BCUT2D eigenvalue weighted by Crippen LogP contribution is -2.24. The molecule has 0 spiro atoms. The second-order valence-corrected chi connectivity index (χ2v) is 7.68. The van der Waals surface area contributed by atoms with Crippen LogP contribution < -0.4 is 4.90 Å². The number of thioether (sulfide) groups is 1. The molecule has 0 aliphatic rings. The van der Waals surface area contributed by atoms with Crippen molar-refractivity contribution >= 4 is 51.4 Å². The van der Waals surface area contributed by atoms with Gasteiger partial charge in [-0.3, -0.25) is 14.8 Å². The van der Waals surface area contributed by atoms with Gasteiger partial charge in [0.25, 0.3) is 0 Å². The summed E-state index contributed by atoms with van der Waals surface area (Å²) < 4.78 is 0. The molecule has 0 aliphatic heterocycles. The Kier molecular flexibility index (Phi) is 5.41. The van der Waals surface area contributed by atoms with Gasteiger partial charge in [-0.25, -0.2) is 9.97 Å². The minimum atomic E-state index is -0.127. The van der Waals surface area contributed by atoms with E-state index >= 15 is 0 Å². The molecule has 1 aromatic carbocycles. The molecule has 6 nitrogen and oxygen atoms in total. The monoisotopic (exact) mass is 393 g/mol. The number of hydrogen-bond donors (Lipinski definition) is 1. The van der Waals surface area contributed by atoms with Crippen LogP contribution in [0.25, 0.3) is 0 Å². The van der Waals surface area contributed by atoms with E-state index in [2.05, 4.69) is 20.2 Å². The first-order chi connectivity index (χ1) is 12.0. The van der Waals surface area contributed by atoms with Gasteiger partial charge in [-0.2, -0.15) is 5.10 Å². The second kappa shape index (κ2) is 7.55. The van der Waals surface area contributed by atoms with Gasteiger partial charge in [0.2, 0.25) is 5.91 Å². The first-order valence-corrected chi connectivity index (χ1v) is 9.70. The van der Waals surface area contributed by atoms with Crippen molar-refractivity contribution in [3.63, 3.8) is 0 Å². The summed E-state index contributed by atoms with van der Waals surface area (Å²) in [6.07, 6.45) is 1.47. The van der Waals surface area contributed by atoms with Crippen LogP contribution in [0.4, 0.5) is 10.8 Å².